The van der Waals surface area contributed by atoms with Crippen molar-refractivity contribution in [3.63, 3.8) is 0 Å². The average molecular weight is 382 g/mol. The Morgan fingerprint density at radius 3 is 2.56 bits per heavy atom. The van der Waals surface area contributed by atoms with Crippen molar-refractivity contribution in [2.24, 2.45) is 5.92 Å². The fraction of sp³-hybridized carbons (Fsp3) is 0.611. The van der Waals surface area contributed by atoms with Crippen LogP contribution >= 0.6 is 23.1 Å². The molecule has 2 aromatic heterocycles. The first-order chi connectivity index (χ1) is 11.7. The number of hydrogen-bond donors (Lipinski definition) is 1. The molecule has 138 valence electrons. The van der Waals surface area contributed by atoms with Gasteiger partial charge in [-0.15, -0.1) is 11.3 Å². The summed E-state index contributed by atoms with van der Waals surface area (Å²) in [6, 6.07) is -0.00416. The Morgan fingerprint density at radius 2 is 1.96 bits per heavy atom. The number of nitrogens with zero attached hydrogens (tertiary/aromatic N) is 2. The van der Waals surface area contributed by atoms with Crippen molar-refractivity contribution in [2.75, 3.05) is 12.3 Å². The van der Waals surface area contributed by atoms with E-state index in [0.717, 1.165) is 21.7 Å². The van der Waals surface area contributed by atoms with Gasteiger partial charge in [-0.05, 0) is 45.6 Å². The van der Waals surface area contributed by atoms with Crippen LogP contribution in [-0.4, -0.2) is 27.8 Å². The molecule has 0 atom stereocenters. The first kappa shape index (κ1) is 20.0. The van der Waals surface area contributed by atoms with Crippen molar-refractivity contribution < 1.29 is 4.79 Å². The summed E-state index contributed by atoms with van der Waals surface area (Å²) in [5.74, 6) is 0.814. The number of fused-ring (bicyclic) bond motifs is 1. The summed E-state index contributed by atoms with van der Waals surface area (Å²) >= 11 is 2.87. The number of amides is 1. The maximum absolute atomic E-state index is 12.9. The Hall–Kier alpha value is -1.34. The van der Waals surface area contributed by atoms with Crippen LogP contribution in [0.4, 0.5) is 0 Å². The molecule has 0 spiro atoms. The summed E-state index contributed by atoms with van der Waals surface area (Å²) < 4.78 is 1.70. The third-order valence-corrected chi connectivity index (χ3v) is 6.15. The molecule has 0 aliphatic carbocycles. The van der Waals surface area contributed by atoms with E-state index in [1.165, 1.54) is 11.8 Å². The highest BCUT2D eigenvalue weighted by atomic mass is 32.2. The number of carbonyl (C=O) groups excluding carboxylic acids is 1. The summed E-state index contributed by atoms with van der Waals surface area (Å²) in [5, 5.41) is 4.25. The van der Waals surface area contributed by atoms with Gasteiger partial charge in [0, 0.05) is 17.5 Å². The van der Waals surface area contributed by atoms with E-state index in [9.17, 15) is 9.59 Å². The minimum absolute atomic E-state index is 0.00416. The lowest BCUT2D eigenvalue weighted by molar-refractivity contribution is -0.118. The second-order valence-electron chi connectivity index (χ2n) is 6.95. The number of thiophene rings is 1. The van der Waals surface area contributed by atoms with Crippen molar-refractivity contribution in [2.45, 2.75) is 59.2 Å². The zero-order valence-electron chi connectivity index (χ0n) is 15.8. The van der Waals surface area contributed by atoms with Crippen LogP contribution in [0.3, 0.4) is 0 Å². The molecule has 0 bridgehead atoms. The Labute approximate surface area is 157 Å². The molecule has 0 fully saturated rings. The minimum Gasteiger partial charge on any atom is -0.355 e. The van der Waals surface area contributed by atoms with E-state index in [4.69, 9.17) is 0 Å². The van der Waals surface area contributed by atoms with Crippen LogP contribution in [0.1, 0.15) is 50.6 Å². The Balaban J connectivity index is 2.24. The summed E-state index contributed by atoms with van der Waals surface area (Å²) in [6.45, 7) is 12.9. The first-order valence-corrected chi connectivity index (χ1v) is 10.4. The molecule has 2 heterocycles. The van der Waals surface area contributed by atoms with Gasteiger partial charge in [-0.25, -0.2) is 4.98 Å². The fourth-order valence-corrected chi connectivity index (χ4v) is 4.55. The highest BCUT2D eigenvalue weighted by molar-refractivity contribution is 7.99. The van der Waals surface area contributed by atoms with Crippen molar-refractivity contribution in [1.82, 2.24) is 14.9 Å². The third-order valence-electron chi connectivity index (χ3n) is 4.10. The van der Waals surface area contributed by atoms with Crippen LogP contribution < -0.4 is 10.9 Å². The fourth-order valence-electron chi connectivity index (χ4n) is 2.53. The lowest BCUT2D eigenvalue weighted by atomic mass is 10.1. The van der Waals surface area contributed by atoms with Gasteiger partial charge in [0.25, 0.3) is 5.56 Å². The maximum atomic E-state index is 12.9. The Bertz CT molecular complexity index is 822. The highest BCUT2D eigenvalue weighted by Crippen LogP contribution is 2.29. The number of thioether (sulfide) groups is 1. The van der Waals surface area contributed by atoms with Gasteiger partial charge >= 0.3 is 0 Å². The first-order valence-electron chi connectivity index (χ1n) is 8.64. The van der Waals surface area contributed by atoms with Crippen LogP contribution in [0.2, 0.25) is 0 Å². The zero-order chi connectivity index (χ0) is 18.7. The van der Waals surface area contributed by atoms with E-state index in [-0.39, 0.29) is 23.3 Å². The van der Waals surface area contributed by atoms with Crippen LogP contribution in [0.25, 0.3) is 10.2 Å². The summed E-state index contributed by atoms with van der Waals surface area (Å²) in [5.41, 5.74) is 0.999. The molecular weight excluding hydrogens is 354 g/mol. The van der Waals surface area contributed by atoms with E-state index in [1.54, 1.807) is 15.9 Å². The molecule has 1 amide bonds. The predicted molar refractivity (Wildman–Crippen MR) is 107 cm³/mol. The van der Waals surface area contributed by atoms with Crippen LogP contribution in [0.5, 0.6) is 0 Å². The largest absolute Gasteiger partial charge is 0.355 e. The topological polar surface area (TPSA) is 64.0 Å². The standard InChI is InChI=1S/C18H27N3O2S2/c1-10(2)7-8-19-14(22)9-24-18-20-16-15(12(5)13(6)25-16)17(23)21(18)11(3)4/h10-11H,7-9H2,1-6H3,(H,19,22). The molecule has 25 heavy (non-hydrogen) atoms. The van der Waals surface area contributed by atoms with Crippen LogP contribution in [0.15, 0.2) is 9.95 Å². The number of aryl methyl sites for hydroxylation is 2. The second kappa shape index (κ2) is 8.36. The Kier molecular flexibility index (Phi) is 6.68. The number of aromatic nitrogens is 2. The number of rotatable bonds is 7. The lowest BCUT2D eigenvalue weighted by Crippen LogP contribution is -2.28. The van der Waals surface area contributed by atoms with Gasteiger partial charge in [0.05, 0.1) is 11.1 Å². The van der Waals surface area contributed by atoms with E-state index < -0.39 is 0 Å². The molecule has 2 aromatic rings. The van der Waals surface area contributed by atoms with Gasteiger partial charge in [0.1, 0.15) is 4.83 Å². The molecule has 0 radical (unpaired) electrons. The number of nitrogens with one attached hydrogen (secondary N) is 1. The van der Waals surface area contributed by atoms with Gasteiger partial charge in [-0.3, -0.25) is 14.2 Å². The van der Waals surface area contributed by atoms with Crippen LogP contribution in [-0.2, 0) is 4.79 Å². The molecule has 7 heteroatoms. The number of carbonyl (C=O) groups is 1. The smallest absolute Gasteiger partial charge is 0.263 e. The second-order valence-corrected chi connectivity index (χ2v) is 9.09. The summed E-state index contributed by atoms with van der Waals surface area (Å²) in [6.07, 6.45) is 0.963. The van der Waals surface area contributed by atoms with Gasteiger partial charge in [-0.1, -0.05) is 25.6 Å². The molecular formula is C18H27N3O2S2. The molecule has 0 saturated carbocycles. The van der Waals surface area contributed by atoms with E-state index in [0.29, 0.717) is 23.0 Å². The van der Waals surface area contributed by atoms with Crippen molar-refractivity contribution in [3.8, 4) is 0 Å². The van der Waals surface area contributed by atoms with Crippen molar-refractivity contribution in [3.05, 3.63) is 20.8 Å². The minimum atomic E-state index is -0.0196. The lowest BCUT2D eigenvalue weighted by Gasteiger charge is -2.15. The third kappa shape index (κ3) is 4.64. The van der Waals surface area contributed by atoms with Gasteiger partial charge in [-0.2, -0.15) is 0 Å². The van der Waals surface area contributed by atoms with Gasteiger partial charge in [0.15, 0.2) is 5.16 Å². The quantitative estimate of drug-likeness (QED) is 0.583. The molecule has 5 nitrogen and oxygen atoms in total. The summed E-state index contributed by atoms with van der Waals surface area (Å²) in [4.78, 5) is 31.5. The highest BCUT2D eigenvalue weighted by Gasteiger charge is 2.19. The van der Waals surface area contributed by atoms with E-state index >= 15 is 0 Å². The maximum Gasteiger partial charge on any atom is 0.263 e. The molecule has 0 unspecified atom stereocenters. The molecule has 0 aliphatic rings. The normalized spacial score (nSPS) is 11.7. The average Bonchev–Trinajstić information content (AvgIpc) is 2.79. The van der Waals surface area contributed by atoms with E-state index in [2.05, 4.69) is 24.1 Å². The van der Waals surface area contributed by atoms with Gasteiger partial charge in [0.2, 0.25) is 5.91 Å². The molecule has 0 aromatic carbocycles. The van der Waals surface area contributed by atoms with Crippen molar-refractivity contribution >= 4 is 39.2 Å². The predicted octanol–water partition coefficient (Wildman–Crippen LogP) is 3.91. The SMILES string of the molecule is Cc1sc2nc(SCC(=O)NCCC(C)C)n(C(C)C)c(=O)c2c1C. The molecule has 2 rings (SSSR count). The number of hydrogen-bond acceptors (Lipinski definition) is 5. The van der Waals surface area contributed by atoms with Gasteiger partial charge < -0.3 is 5.32 Å². The zero-order valence-corrected chi connectivity index (χ0v) is 17.4. The summed E-state index contributed by atoms with van der Waals surface area (Å²) in [7, 11) is 0. The molecule has 0 aliphatic heterocycles. The van der Waals surface area contributed by atoms with Crippen molar-refractivity contribution in [1.29, 1.82) is 0 Å². The molecule has 1 N–H and O–H groups in total. The van der Waals surface area contributed by atoms with Crippen LogP contribution in [0, 0.1) is 19.8 Å². The molecule has 0 saturated heterocycles. The Morgan fingerprint density at radius 1 is 1.28 bits per heavy atom. The van der Waals surface area contributed by atoms with E-state index in [1.807, 2.05) is 27.7 Å². The monoisotopic (exact) mass is 381 g/mol.